The van der Waals surface area contributed by atoms with Crippen LogP contribution in [0.4, 0.5) is 5.13 Å². The molecule has 0 amide bonds. The van der Waals surface area contributed by atoms with Gasteiger partial charge in [0.15, 0.2) is 0 Å². The van der Waals surface area contributed by atoms with Gasteiger partial charge in [-0.25, -0.2) is 8.42 Å². The lowest BCUT2D eigenvalue weighted by Gasteiger charge is -2.06. The number of aryl methyl sites for hydroxylation is 3. The fourth-order valence-electron chi connectivity index (χ4n) is 2.01. The highest BCUT2D eigenvalue weighted by Crippen LogP contribution is 2.24. The highest BCUT2D eigenvalue weighted by atomic mass is 32.2. The van der Waals surface area contributed by atoms with E-state index in [0.717, 1.165) is 0 Å². The Labute approximate surface area is 126 Å². The second-order valence-electron chi connectivity index (χ2n) is 4.53. The molecule has 2 aromatic heterocycles. The largest absolute Gasteiger partial charge is 0.396 e. The van der Waals surface area contributed by atoms with Gasteiger partial charge in [-0.15, -0.1) is 10.2 Å². The van der Waals surface area contributed by atoms with E-state index in [1.807, 2.05) is 0 Å². The second kappa shape index (κ2) is 6.08. The van der Waals surface area contributed by atoms with Crippen molar-refractivity contribution in [1.29, 1.82) is 0 Å². The molecule has 0 spiro atoms. The Bertz CT molecular complexity index is 735. The van der Waals surface area contributed by atoms with Gasteiger partial charge in [0.25, 0.3) is 10.0 Å². The van der Waals surface area contributed by atoms with Gasteiger partial charge in [0, 0.05) is 13.2 Å². The molecule has 8 nitrogen and oxygen atoms in total. The van der Waals surface area contributed by atoms with Crippen molar-refractivity contribution in [2.75, 3.05) is 11.3 Å². The number of sulfonamides is 1. The van der Waals surface area contributed by atoms with E-state index in [2.05, 4.69) is 20.0 Å². The Kier molecular flexibility index (Phi) is 4.59. The Morgan fingerprint density at radius 2 is 2.00 bits per heavy atom. The van der Waals surface area contributed by atoms with E-state index < -0.39 is 10.0 Å². The zero-order valence-corrected chi connectivity index (χ0v) is 13.6. The highest BCUT2D eigenvalue weighted by Gasteiger charge is 2.25. The maximum Gasteiger partial charge on any atom is 0.267 e. The molecule has 116 valence electrons. The van der Waals surface area contributed by atoms with Gasteiger partial charge in [-0.05, 0) is 27.2 Å². The van der Waals surface area contributed by atoms with Gasteiger partial charge in [-0.1, -0.05) is 11.3 Å². The zero-order valence-electron chi connectivity index (χ0n) is 12.0. The Hall–Kier alpha value is -1.52. The van der Waals surface area contributed by atoms with Crippen LogP contribution in [0.15, 0.2) is 4.90 Å². The number of nitrogens with zero attached hydrogens (tertiary/aromatic N) is 4. The average Bonchev–Trinajstić information content (AvgIpc) is 2.90. The molecule has 0 bridgehead atoms. The van der Waals surface area contributed by atoms with Gasteiger partial charge in [-0.2, -0.15) is 5.10 Å². The van der Waals surface area contributed by atoms with Gasteiger partial charge in [-0.3, -0.25) is 9.40 Å². The molecule has 0 fully saturated rings. The quantitative estimate of drug-likeness (QED) is 0.812. The third kappa shape index (κ3) is 3.39. The summed E-state index contributed by atoms with van der Waals surface area (Å²) in [6.45, 7) is 5.58. The van der Waals surface area contributed by atoms with Crippen molar-refractivity contribution in [2.24, 2.45) is 0 Å². The molecule has 2 aromatic rings. The van der Waals surface area contributed by atoms with Crippen molar-refractivity contribution in [2.45, 2.75) is 38.6 Å². The topological polar surface area (TPSA) is 110 Å². The summed E-state index contributed by atoms with van der Waals surface area (Å²) in [4.78, 5) is 0.147. The molecule has 0 saturated heterocycles. The Morgan fingerprint density at radius 3 is 2.57 bits per heavy atom. The first kappa shape index (κ1) is 15.9. The summed E-state index contributed by atoms with van der Waals surface area (Å²) in [5.74, 6) is 0. The fourth-order valence-corrected chi connectivity index (χ4v) is 4.25. The van der Waals surface area contributed by atoms with E-state index >= 15 is 0 Å². The van der Waals surface area contributed by atoms with Crippen LogP contribution >= 0.6 is 11.3 Å². The van der Waals surface area contributed by atoms with Crippen LogP contribution in [0, 0.1) is 20.8 Å². The minimum Gasteiger partial charge on any atom is -0.396 e. The maximum atomic E-state index is 12.5. The average molecular weight is 331 g/mol. The number of aromatic nitrogens is 4. The molecular weight excluding hydrogens is 314 g/mol. The smallest absolute Gasteiger partial charge is 0.267 e. The Morgan fingerprint density at radius 1 is 1.29 bits per heavy atom. The summed E-state index contributed by atoms with van der Waals surface area (Å²) in [5.41, 5.74) is 0.953. The predicted molar refractivity (Wildman–Crippen MR) is 78.9 cm³/mol. The maximum absolute atomic E-state index is 12.5. The number of rotatable bonds is 6. The number of aliphatic hydroxyl groups excluding tert-OH is 1. The molecule has 21 heavy (non-hydrogen) atoms. The van der Waals surface area contributed by atoms with E-state index in [9.17, 15) is 8.42 Å². The molecule has 0 aliphatic rings. The van der Waals surface area contributed by atoms with Crippen molar-refractivity contribution in [1.82, 2.24) is 20.0 Å². The monoisotopic (exact) mass is 331 g/mol. The minimum atomic E-state index is -3.75. The van der Waals surface area contributed by atoms with Gasteiger partial charge >= 0.3 is 0 Å². The minimum absolute atomic E-state index is 0.0305. The number of aliphatic hydroxyl groups is 1. The van der Waals surface area contributed by atoms with Crippen LogP contribution in [0.25, 0.3) is 0 Å². The van der Waals surface area contributed by atoms with Gasteiger partial charge in [0.2, 0.25) is 5.13 Å². The molecule has 0 unspecified atom stereocenters. The van der Waals surface area contributed by atoms with E-state index in [4.69, 9.17) is 5.11 Å². The molecule has 0 saturated carbocycles. The number of nitrogens with one attached hydrogen (secondary N) is 1. The van der Waals surface area contributed by atoms with Gasteiger partial charge in [0.1, 0.15) is 9.90 Å². The van der Waals surface area contributed by atoms with Crippen molar-refractivity contribution in [3.05, 3.63) is 16.4 Å². The van der Waals surface area contributed by atoms with Crippen molar-refractivity contribution in [3.8, 4) is 0 Å². The summed E-state index contributed by atoms with van der Waals surface area (Å²) in [5, 5.41) is 21.5. The van der Waals surface area contributed by atoms with Crippen LogP contribution in [-0.2, 0) is 16.6 Å². The van der Waals surface area contributed by atoms with Crippen LogP contribution in [0.1, 0.15) is 22.8 Å². The SMILES string of the molecule is Cc1nnc(NS(=O)(=O)c2c(C)nn(CCCO)c2C)s1. The lowest BCUT2D eigenvalue weighted by molar-refractivity contribution is 0.276. The van der Waals surface area contributed by atoms with Crippen LogP contribution in [-0.4, -0.2) is 40.1 Å². The van der Waals surface area contributed by atoms with Crippen LogP contribution in [0.2, 0.25) is 0 Å². The first-order valence-electron chi connectivity index (χ1n) is 6.33. The molecule has 0 aromatic carbocycles. The first-order chi connectivity index (χ1) is 9.85. The number of hydrogen-bond donors (Lipinski definition) is 2. The van der Waals surface area contributed by atoms with Gasteiger partial charge < -0.3 is 5.11 Å². The summed E-state index contributed by atoms with van der Waals surface area (Å²) < 4.78 is 28.9. The van der Waals surface area contributed by atoms with Crippen molar-refractivity contribution < 1.29 is 13.5 Å². The molecule has 2 N–H and O–H groups in total. The van der Waals surface area contributed by atoms with Crippen molar-refractivity contribution in [3.63, 3.8) is 0 Å². The lowest BCUT2D eigenvalue weighted by atomic mass is 10.4. The summed E-state index contributed by atoms with van der Waals surface area (Å²) >= 11 is 1.17. The molecule has 0 aliphatic carbocycles. The molecule has 2 heterocycles. The zero-order chi connectivity index (χ0) is 15.6. The van der Waals surface area contributed by atoms with Gasteiger partial charge in [0.05, 0.1) is 11.4 Å². The lowest BCUT2D eigenvalue weighted by Crippen LogP contribution is -2.15. The normalized spacial score (nSPS) is 11.8. The predicted octanol–water partition coefficient (Wildman–Crippen LogP) is 0.843. The summed E-state index contributed by atoms with van der Waals surface area (Å²) in [6, 6.07) is 0. The molecular formula is C11H17N5O3S2. The van der Waals surface area contributed by atoms with Crippen LogP contribution in [0.5, 0.6) is 0 Å². The molecule has 2 rings (SSSR count). The fraction of sp³-hybridized carbons (Fsp3) is 0.545. The van der Waals surface area contributed by atoms with E-state index in [-0.39, 0.29) is 16.6 Å². The molecule has 10 heteroatoms. The van der Waals surface area contributed by atoms with Crippen molar-refractivity contribution >= 4 is 26.5 Å². The summed E-state index contributed by atoms with van der Waals surface area (Å²) in [6.07, 6.45) is 0.518. The Balaban J connectivity index is 2.33. The van der Waals surface area contributed by atoms with Crippen LogP contribution < -0.4 is 4.72 Å². The highest BCUT2D eigenvalue weighted by molar-refractivity contribution is 7.93. The molecule has 0 aliphatic heterocycles. The third-order valence-electron chi connectivity index (χ3n) is 2.86. The first-order valence-corrected chi connectivity index (χ1v) is 8.63. The van der Waals surface area contributed by atoms with E-state index in [1.54, 1.807) is 25.5 Å². The number of hydrogen-bond acceptors (Lipinski definition) is 7. The van der Waals surface area contributed by atoms with E-state index in [1.165, 1.54) is 11.3 Å². The van der Waals surface area contributed by atoms with E-state index in [0.29, 0.717) is 29.4 Å². The molecule has 0 atom stereocenters. The van der Waals surface area contributed by atoms with Crippen LogP contribution in [0.3, 0.4) is 0 Å². The second-order valence-corrected chi connectivity index (χ2v) is 7.33. The summed E-state index contributed by atoms with van der Waals surface area (Å²) in [7, 11) is -3.75. The standard InChI is InChI=1S/C11H17N5O3S2/c1-7-10(8(2)16(14-7)5-4-6-17)21(18,19)15-11-13-12-9(3)20-11/h17H,4-6H2,1-3H3,(H,13,15). The third-order valence-corrected chi connectivity index (χ3v) is 5.33. The number of anilines is 1. The molecule has 0 radical (unpaired) electrons.